The summed E-state index contributed by atoms with van der Waals surface area (Å²) < 4.78 is 0. The van der Waals surface area contributed by atoms with Crippen LogP contribution in [0.3, 0.4) is 0 Å². The molecule has 0 unspecified atom stereocenters. The van der Waals surface area contributed by atoms with E-state index >= 15 is 0 Å². The number of aromatic nitrogens is 2. The quantitative estimate of drug-likeness (QED) is 0.671. The lowest BCUT2D eigenvalue weighted by atomic mass is 10.2. The second-order valence-electron chi connectivity index (χ2n) is 5.70. The van der Waals surface area contributed by atoms with Crippen LogP contribution in [0.5, 0.6) is 0 Å². The van der Waals surface area contributed by atoms with E-state index in [-0.39, 0.29) is 17.2 Å². The van der Waals surface area contributed by atoms with Gasteiger partial charge in [-0.05, 0) is 38.5 Å². The van der Waals surface area contributed by atoms with Crippen LogP contribution in [0.1, 0.15) is 42.5 Å². The number of thiophene rings is 2. The molecule has 0 radical (unpaired) electrons. The lowest BCUT2D eigenvalue weighted by Crippen LogP contribution is -2.26. The molecule has 0 aliphatic heterocycles. The summed E-state index contributed by atoms with van der Waals surface area (Å²) >= 11 is 2.67. The van der Waals surface area contributed by atoms with Gasteiger partial charge in [-0.15, -0.1) is 22.7 Å². The average molecular weight is 375 g/mol. The number of Topliss-reactive ketones (excluding diaryl/α,β-unsaturated/α-hetero) is 1. The zero-order valence-electron chi connectivity index (χ0n) is 14.1. The average Bonchev–Trinajstić information content (AvgIpc) is 3.13. The molecule has 3 rings (SSSR count). The molecule has 0 saturated carbocycles. The van der Waals surface area contributed by atoms with Gasteiger partial charge in [-0.2, -0.15) is 0 Å². The number of fused-ring (bicyclic) bond motifs is 1. The van der Waals surface area contributed by atoms with Gasteiger partial charge in [-0.25, -0.2) is 4.98 Å². The largest absolute Gasteiger partial charge is 0.351 e. The number of carbonyl (C=O) groups is 2. The molecule has 0 spiro atoms. The Hall–Kier alpha value is -2.32. The minimum Gasteiger partial charge on any atom is -0.351 e. The third kappa shape index (κ3) is 3.54. The van der Waals surface area contributed by atoms with Gasteiger partial charge in [0.25, 0.3) is 11.5 Å². The molecule has 6 nitrogen and oxygen atoms in total. The van der Waals surface area contributed by atoms with Gasteiger partial charge >= 0.3 is 0 Å². The molecule has 2 N–H and O–H groups in total. The Bertz CT molecular complexity index is 1030. The number of ketones is 1. The van der Waals surface area contributed by atoms with E-state index in [0.717, 1.165) is 15.3 Å². The van der Waals surface area contributed by atoms with Crippen molar-refractivity contribution in [3.8, 4) is 0 Å². The van der Waals surface area contributed by atoms with Crippen molar-refractivity contribution in [2.75, 3.05) is 6.54 Å². The fourth-order valence-corrected chi connectivity index (χ4v) is 4.31. The molecule has 8 heteroatoms. The monoisotopic (exact) mass is 375 g/mol. The second kappa shape index (κ2) is 6.89. The second-order valence-corrected chi connectivity index (χ2v) is 7.99. The molecule has 25 heavy (non-hydrogen) atoms. The van der Waals surface area contributed by atoms with Crippen molar-refractivity contribution >= 4 is 44.6 Å². The van der Waals surface area contributed by atoms with Crippen molar-refractivity contribution in [2.24, 2.45) is 0 Å². The van der Waals surface area contributed by atoms with Gasteiger partial charge < -0.3 is 10.3 Å². The van der Waals surface area contributed by atoms with Crippen molar-refractivity contribution in [2.45, 2.75) is 27.2 Å². The highest BCUT2D eigenvalue weighted by Crippen LogP contribution is 2.25. The molecule has 0 saturated heterocycles. The van der Waals surface area contributed by atoms with Gasteiger partial charge in [0, 0.05) is 17.8 Å². The number of hydrogen-bond acceptors (Lipinski definition) is 6. The third-order valence-electron chi connectivity index (χ3n) is 3.91. The van der Waals surface area contributed by atoms with Crippen molar-refractivity contribution in [1.29, 1.82) is 0 Å². The van der Waals surface area contributed by atoms with E-state index in [2.05, 4.69) is 15.3 Å². The van der Waals surface area contributed by atoms with E-state index in [1.54, 1.807) is 12.1 Å². The smallest absolute Gasteiger partial charge is 0.261 e. The van der Waals surface area contributed by atoms with Crippen LogP contribution >= 0.6 is 22.7 Å². The highest BCUT2D eigenvalue weighted by Gasteiger charge is 2.13. The fourth-order valence-electron chi connectivity index (χ4n) is 2.45. The highest BCUT2D eigenvalue weighted by molar-refractivity contribution is 7.18. The summed E-state index contributed by atoms with van der Waals surface area (Å²) in [6.07, 6.45) is 0.428. The molecule has 0 atom stereocenters. The van der Waals surface area contributed by atoms with E-state index in [9.17, 15) is 14.4 Å². The van der Waals surface area contributed by atoms with E-state index in [0.29, 0.717) is 33.9 Å². The number of nitrogens with one attached hydrogen (secondary N) is 2. The number of aryl methyl sites for hydroxylation is 2. The molecule has 0 bridgehead atoms. The maximum absolute atomic E-state index is 12.2. The summed E-state index contributed by atoms with van der Waals surface area (Å²) in [5.41, 5.74) is 0.824. The first kappa shape index (κ1) is 17.5. The van der Waals surface area contributed by atoms with E-state index in [1.165, 1.54) is 29.6 Å². The number of amides is 1. The minimum absolute atomic E-state index is 0.0549. The molecular weight excluding hydrogens is 358 g/mol. The number of carbonyl (C=O) groups excluding carboxylic acids is 2. The highest BCUT2D eigenvalue weighted by atomic mass is 32.1. The van der Waals surface area contributed by atoms with Crippen LogP contribution in [-0.4, -0.2) is 28.2 Å². The van der Waals surface area contributed by atoms with Crippen molar-refractivity contribution < 1.29 is 9.59 Å². The standard InChI is InChI=1S/C17H17N3O3S2/c1-8-10(3)24-17-14(8)16(23)19-13(20-17)6-7-18-15(22)12-5-4-11(25-12)9(2)21/h4-5H,6-7H2,1-3H3,(H,18,22)(H,19,20,23). The molecule has 3 aromatic heterocycles. The van der Waals surface area contributed by atoms with Gasteiger partial charge in [0.1, 0.15) is 10.7 Å². The van der Waals surface area contributed by atoms with Crippen LogP contribution in [0.2, 0.25) is 0 Å². The Kier molecular flexibility index (Phi) is 4.82. The van der Waals surface area contributed by atoms with Gasteiger partial charge in [0.2, 0.25) is 0 Å². The molecule has 3 heterocycles. The summed E-state index contributed by atoms with van der Waals surface area (Å²) in [6, 6.07) is 3.29. The topological polar surface area (TPSA) is 91.9 Å². The third-order valence-corrected chi connectivity index (χ3v) is 6.20. The molecule has 130 valence electrons. The molecule has 0 aromatic carbocycles. The van der Waals surface area contributed by atoms with Gasteiger partial charge in [0.05, 0.1) is 15.1 Å². The SMILES string of the molecule is CC(=O)c1ccc(C(=O)NCCc2nc3sc(C)c(C)c3c(=O)[nH]2)s1. The molecule has 0 fully saturated rings. The first-order chi connectivity index (χ1) is 11.9. The normalized spacial score (nSPS) is 11.0. The summed E-state index contributed by atoms with van der Waals surface area (Å²) in [7, 11) is 0. The van der Waals surface area contributed by atoms with Gasteiger partial charge in [0.15, 0.2) is 5.78 Å². The molecule has 3 aromatic rings. The van der Waals surface area contributed by atoms with Crippen LogP contribution in [0, 0.1) is 13.8 Å². The number of aromatic amines is 1. The van der Waals surface area contributed by atoms with Crippen molar-refractivity contribution in [3.63, 3.8) is 0 Å². The summed E-state index contributed by atoms with van der Waals surface area (Å²) in [4.78, 5) is 45.7. The summed E-state index contributed by atoms with van der Waals surface area (Å²) in [5.74, 6) is 0.263. The zero-order valence-corrected chi connectivity index (χ0v) is 15.7. The van der Waals surface area contributed by atoms with Crippen molar-refractivity contribution in [3.05, 3.63) is 48.5 Å². The van der Waals surface area contributed by atoms with Crippen LogP contribution in [-0.2, 0) is 6.42 Å². The number of rotatable bonds is 5. The van der Waals surface area contributed by atoms with E-state index in [1.807, 2.05) is 13.8 Å². The summed E-state index contributed by atoms with van der Waals surface area (Å²) in [6.45, 7) is 5.71. The van der Waals surface area contributed by atoms with Crippen LogP contribution in [0.25, 0.3) is 10.2 Å². The predicted octanol–water partition coefficient (Wildman–Crippen LogP) is 2.84. The Morgan fingerprint density at radius 3 is 2.60 bits per heavy atom. The van der Waals surface area contributed by atoms with Crippen LogP contribution in [0.15, 0.2) is 16.9 Å². The maximum Gasteiger partial charge on any atom is 0.261 e. The van der Waals surface area contributed by atoms with Gasteiger partial charge in [-0.3, -0.25) is 14.4 Å². The number of hydrogen-bond donors (Lipinski definition) is 2. The Morgan fingerprint density at radius 1 is 1.20 bits per heavy atom. The molecule has 1 amide bonds. The fraction of sp³-hybridized carbons (Fsp3) is 0.294. The number of H-pyrrole nitrogens is 1. The van der Waals surface area contributed by atoms with Crippen molar-refractivity contribution in [1.82, 2.24) is 15.3 Å². The molecular formula is C17H17N3O3S2. The zero-order chi connectivity index (χ0) is 18.1. The minimum atomic E-state index is -0.233. The first-order valence-corrected chi connectivity index (χ1v) is 9.38. The molecule has 0 aliphatic carbocycles. The lowest BCUT2D eigenvalue weighted by Gasteiger charge is -2.03. The molecule has 0 aliphatic rings. The van der Waals surface area contributed by atoms with E-state index in [4.69, 9.17) is 0 Å². The predicted molar refractivity (Wildman–Crippen MR) is 100 cm³/mol. The Labute approximate surface area is 151 Å². The maximum atomic E-state index is 12.2. The number of nitrogens with zero attached hydrogens (tertiary/aromatic N) is 1. The Balaban J connectivity index is 1.67. The first-order valence-electron chi connectivity index (χ1n) is 7.74. The lowest BCUT2D eigenvalue weighted by molar-refractivity contribution is 0.0957. The van der Waals surface area contributed by atoms with E-state index < -0.39 is 0 Å². The van der Waals surface area contributed by atoms with Crippen LogP contribution in [0.4, 0.5) is 0 Å². The van der Waals surface area contributed by atoms with Gasteiger partial charge in [-0.1, -0.05) is 0 Å². The van der Waals surface area contributed by atoms with Crippen LogP contribution < -0.4 is 10.9 Å². The summed E-state index contributed by atoms with van der Waals surface area (Å²) in [5, 5.41) is 3.43. The Morgan fingerprint density at radius 2 is 1.92 bits per heavy atom.